The van der Waals surface area contributed by atoms with Crippen molar-refractivity contribution < 1.29 is 9.53 Å². The summed E-state index contributed by atoms with van der Waals surface area (Å²) < 4.78 is 5.39. The van der Waals surface area contributed by atoms with Crippen molar-refractivity contribution in [1.29, 1.82) is 0 Å². The number of ether oxygens (including phenoxy) is 1. The minimum Gasteiger partial charge on any atom is -0.497 e. The number of hydrogen-bond donors (Lipinski definition) is 0. The average Bonchev–Trinajstić information content (AvgIpc) is 3.03. The number of rotatable bonds is 3. The third-order valence-electron chi connectivity index (χ3n) is 4.95. The van der Waals surface area contributed by atoms with E-state index < -0.39 is 0 Å². The van der Waals surface area contributed by atoms with E-state index in [4.69, 9.17) is 4.74 Å². The van der Waals surface area contributed by atoms with Crippen molar-refractivity contribution in [1.82, 2.24) is 4.90 Å². The van der Waals surface area contributed by atoms with E-state index in [1.54, 1.807) is 7.11 Å². The summed E-state index contributed by atoms with van der Waals surface area (Å²) in [4.78, 5) is 14.3. The summed E-state index contributed by atoms with van der Waals surface area (Å²) in [6, 6.07) is 8.43. The Kier molecular flexibility index (Phi) is 3.79. The first-order chi connectivity index (χ1) is 9.74. The maximum absolute atomic E-state index is 11.7. The lowest BCUT2D eigenvalue weighted by Gasteiger charge is -2.45. The molecule has 1 aliphatic carbocycles. The molecular formula is C17H23NO2. The lowest BCUT2D eigenvalue weighted by Crippen LogP contribution is -2.47. The van der Waals surface area contributed by atoms with Gasteiger partial charge in [0.05, 0.1) is 7.11 Å². The highest BCUT2D eigenvalue weighted by molar-refractivity contribution is 5.79. The van der Waals surface area contributed by atoms with Gasteiger partial charge in [-0.2, -0.15) is 0 Å². The molecule has 0 aromatic heterocycles. The van der Waals surface area contributed by atoms with Gasteiger partial charge in [0.2, 0.25) is 0 Å². The van der Waals surface area contributed by atoms with E-state index in [2.05, 4.69) is 23.1 Å². The van der Waals surface area contributed by atoms with Crippen LogP contribution in [-0.2, 0) is 10.3 Å². The molecule has 0 amide bonds. The van der Waals surface area contributed by atoms with Gasteiger partial charge < -0.3 is 4.74 Å². The zero-order valence-electron chi connectivity index (χ0n) is 12.2. The van der Waals surface area contributed by atoms with Crippen molar-refractivity contribution in [3.8, 4) is 5.75 Å². The highest BCUT2D eigenvalue weighted by Crippen LogP contribution is 2.43. The molecule has 0 bridgehead atoms. The van der Waals surface area contributed by atoms with Crippen molar-refractivity contribution >= 4 is 5.78 Å². The van der Waals surface area contributed by atoms with Crippen molar-refractivity contribution in [3.63, 3.8) is 0 Å². The van der Waals surface area contributed by atoms with Crippen molar-refractivity contribution in [2.45, 2.75) is 44.1 Å². The van der Waals surface area contributed by atoms with Gasteiger partial charge in [-0.15, -0.1) is 0 Å². The molecule has 20 heavy (non-hydrogen) atoms. The van der Waals surface area contributed by atoms with Crippen LogP contribution in [0.4, 0.5) is 0 Å². The van der Waals surface area contributed by atoms with Crippen LogP contribution in [0.5, 0.6) is 5.75 Å². The monoisotopic (exact) mass is 273 g/mol. The first-order valence-corrected chi connectivity index (χ1v) is 7.66. The van der Waals surface area contributed by atoms with Crippen LogP contribution in [0.1, 0.15) is 44.1 Å². The van der Waals surface area contributed by atoms with Crippen LogP contribution in [0.15, 0.2) is 24.3 Å². The fraction of sp³-hybridized carbons (Fsp3) is 0.588. The zero-order valence-corrected chi connectivity index (χ0v) is 12.2. The summed E-state index contributed by atoms with van der Waals surface area (Å²) in [5.41, 5.74) is 1.38. The molecule has 3 heteroatoms. The number of nitrogens with zero attached hydrogens (tertiary/aromatic N) is 1. The van der Waals surface area contributed by atoms with Crippen molar-refractivity contribution in [2.24, 2.45) is 0 Å². The van der Waals surface area contributed by atoms with E-state index in [1.165, 1.54) is 18.4 Å². The third kappa shape index (κ3) is 2.35. The Labute approximate surface area is 120 Å². The molecule has 2 aliphatic rings. The fourth-order valence-electron chi connectivity index (χ4n) is 3.79. The van der Waals surface area contributed by atoms with E-state index in [1.807, 2.05) is 6.07 Å². The molecule has 1 saturated carbocycles. The predicted molar refractivity (Wildman–Crippen MR) is 79.0 cm³/mol. The maximum atomic E-state index is 11.7. The first kappa shape index (κ1) is 13.6. The number of Topliss-reactive ketones (excluding diaryl/α,β-unsaturated/α-hetero) is 1. The molecular weight excluding hydrogens is 250 g/mol. The Morgan fingerprint density at radius 1 is 1.15 bits per heavy atom. The Bertz CT molecular complexity index is 482. The lowest BCUT2D eigenvalue weighted by molar-refractivity contribution is -0.123. The highest BCUT2D eigenvalue weighted by atomic mass is 16.5. The summed E-state index contributed by atoms with van der Waals surface area (Å²) in [6.07, 6.45) is 5.90. The zero-order chi connectivity index (χ0) is 14.0. The minimum atomic E-state index is 0.0545. The van der Waals surface area contributed by atoms with Crippen molar-refractivity contribution in [3.05, 3.63) is 29.8 Å². The number of carbonyl (C=O) groups excluding carboxylic acids is 1. The maximum Gasteiger partial charge on any atom is 0.133 e. The SMILES string of the molecule is COc1cccc(C2(N3CCCC3)CCC(=O)CC2)c1. The van der Waals surface area contributed by atoms with E-state index in [0.29, 0.717) is 18.6 Å². The van der Waals surface area contributed by atoms with Gasteiger partial charge in [-0.05, 0) is 56.5 Å². The molecule has 3 nitrogen and oxygen atoms in total. The van der Waals surface area contributed by atoms with Crippen LogP contribution in [-0.4, -0.2) is 30.9 Å². The van der Waals surface area contributed by atoms with Gasteiger partial charge in [0.15, 0.2) is 0 Å². The topological polar surface area (TPSA) is 29.5 Å². The number of likely N-dealkylation sites (tertiary alicyclic amines) is 1. The summed E-state index contributed by atoms with van der Waals surface area (Å²) in [5, 5.41) is 0. The fourth-order valence-corrected chi connectivity index (χ4v) is 3.79. The van der Waals surface area contributed by atoms with Crippen LogP contribution < -0.4 is 4.74 Å². The van der Waals surface area contributed by atoms with E-state index in [9.17, 15) is 4.79 Å². The molecule has 0 spiro atoms. The van der Waals surface area contributed by atoms with Gasteiger partial charge in [-0.25, -0.2) is 0 Å². The van der Waals surface area contributed by atoms with E-state index in [-0.39, 0.29) is 5.54 Å². The summed E-state index contributed by atoms with van der Waals surface area (Å²) in [7, 11) is 1.71. The quantitative estimate of drug-likeness (QED) is 0.847. The molecule has 1 aromatic rings. The van der Waals surface area contributed by atoms with E-state index >= 15 is 0 Å². The molecule has 1 saturated heterocycles. The van der Waals surface area contributed by atoms with Crippen LogP contribution >= 0.6 is 0 Å². The van der Waals surface area contributed by atoms with E-state index in [0.717, 1.165) is 31.7 Å². The second kappa shape index (κ2) is 5.57. The number of ketones is 1. The molecule has 1 aliphatic heterocycles. The molecule has 1 aromatic carbocycles. The smallest absolute Gasteiger partial charge is 0.133 e. The number of benzene rings is 1. The minimum absolute atomic E-state index is 0.0545. The molecule has 1 heterocycles. The van der Waals surface area contributed by atoms with Gasteiger partial charge in [0, 0.05) is 18.4 Å². The number of carbonyl (C=O) groups is 1. The van der Waals surface area contributed by atoms with Gasteiger partial charge in [0.1, 0.15) is 11.5 Å². The molecule has 2 fully saturated rings. The Morgan fingerprint density at radius 3 is 2.50 bits per heavy atom. The Hall–Kier alpha value is -1.35. The number of methoxy groups -OCH3 is 1. The van der Waals surface area contributed by atoms with Crippen molar-refractivity contribution in [2.75, 3.05) is 20.2 Å². The molecule has 0 unspecified atom stereocenters. The first-order valence-electron chi connectivity index (χ1n) is 7.66. The number of hydrogen-bond acceptors (Lipinski definition) is 3. The van der Waals surface area contributed by atoms with Crippen LogP contribution in [0.2, 0.25) is 0 Å². The largest absolute Gasteiger partial charge is 0.497 e. The van der Waals surface area contributed by atoms with Crippen LogP contribution in [0, 0.1) is 0 Å². The summed E-state index contributed by atoms with van der Waals surface area (Å²) in [5.74, 6) is 1.33. The average molecular weight is 273 g/mol. The van der Waals surface area contributed by atoms with Gasteiger partial charge in [-0.1, -0.05) is 12.1 Å². The highest BCUT2D eigenvalue weighted by Gasteiger charge is 2.42. The standard InChI is InChI=1S/C17H23NO2/c1-20-16-6-4-5-14(13-16)17(18-11-2-3-12-18)9-7-15(19)8-10-17/h4-6,13H,2-3,7-12H2,1H3. The molecule has 108 valence electrons. The lowest BCUT2D eigenvalue weighted by atomic mass is 9.75. The molecule has 0 atom stereocenters. The van der Waals surface area contributed by atoms with Gasteiger partial charge >= 0.3 is 0 Å². The Balaban J connectivity index is 1.97. The Morgan fingerprint density at radius 2 is 1.85 bits per heavy atom. The third-order valence-corrected chi connectivity index (χ3v) is 4.95. The van der Waals surface area contributed by atoms with Gasteiger partial charge in [0.25, 0.3) is 0 Å². The molecule has 3 rings (SSSR count). The second-order valence-corrected chi connectivity index (χ2v) is 6.00. The summed E-state index contributed by atoms with van der Waals surface area (Å²) in [6.45, 7) is 2.32. The predicted octanol–water partition coefficient (Wildman–Crippen LogP) is 3.13. The normalized spacial score (nSPS) is 22.9. The molecule has 0 N–H and O–H groups in total. The van der Waals surface area contributed by atoms with Gasteiger partial charge in [-0.3, -0.25) is 9.69 Å². The summed E-state index contributed by atoms with van der Waals surface area (Å²) >= 11 is 0. The van der Waals surface area contributed by atoms with Crippen LogP contribution in [0.3, 0.4) is 0 Å². The second-order valence-electron chi connectivity index (χ2n) is 6.00. The molecule has 0 radical (unpaired) electrons. The van der Waals surface area contributed by atoms with Crippen LogP contribution in [0.25, 0.3) is 0 Å².